The van der Waals surface area contributed by atoms with Crippen LogP contribution < -0.4 is 10.6 Å². The van der Waals surface area contributed by atoms with E-state index in [4.69, 9.17) is 5.26 Å². The zero-order valence-electron chi connectivity index (χ0n) is 15.7. The molecule has 28 heavy (non-hydrogen) atoms. The molecule has 2 N–H and O–H groups in total. The summed E-state index contributed by atoms with van der Waals surface area (Å²) >= 11 is 4.59. The highest BCUT2D eigenvalue weighted by Gasteiger charge is 2.51. The van der Waals surface area contributed by atoms with Crippen molar-refractivity contribution in [1.82, 2.24) is 25.4 Å². The van der Waals surface area contributed by atoms with Gasteiger partial charge in [0.1, 0.15) is 11.2 Å². The molecule has 0 aromatic carbocycles. The molecule has 1 aliphatic carbocycles. The maximum Gasteiger partial charge on any atom is 0.271 e. The highest BCUT2D eigenvalue weighted by Crippen LogP contribution is 2.36. The number of rotatable bonds is 9. The number of nitrogens with zero attached hydrogens (tertiary/aromatic N) is 4. The fraction of sp³-hybridized carbons (Fsp3) is 0.667. The monoisotopic (exact) mass is 468 g/mol. The number of nitrogens with one attached hydrogen (secondary N) is 2. The van der Waals surface area contributed by atoms with E-state index in [0.717, 1.165) is 45.7 Å². The van der Waals surface area contributed by atoms with Crippen LogP contribution in [0.2, 0.25) is 0 Å². The lowest BCUT2D eigenvalue weighted by Gasteiger charge is -2.34. The number of unbranched alkanes of at least 4 members (excludes halogenated alkanes) is 1. The summed E-state index contributed by atoms with van der Waals surface area (Å²) < 4.78 is 0.650. The van der Waals surface area contributed by atoms with Gasteiger partial charge in [-0.2, -0.15) is 5.26 Å². The lowest BCUT2D eigenvalue weighted by molar-refractivity contribution is -0.124. The van der Waals surface area contributed by atoms with Crippen LogP contribution in [-0.2, 0) is 4.79 Å². The third kappa shape index (κ3) is 5.73. The first-order chi connectivity index (χ1) is 13.5. The van der Waals surface area contributed by atoms with E-state index in [2.05, 4.69) is 47.4 Å². The average Bonchev–Trinajstić information content (AvgIpc) is 3.34. The van der Waals surface area contributed by atoms with E-state index in [1.54, 1.807) is 5.38 Å². The molecule has 1 aliphatic heterocycles. The average molecular weight is 469 g/mol. The van der Waals surface area contributed by atoms with Crippen LogP contribution in [-0.4, -0.2) is 78.0 Å². The molecule has 0 radical (unpaired) electrons. The normalized spacial score (nSPS) is 19.0. The molecule has 1 saturated carbocycles. The van der Waals surface area contributed by atoms with E-state index in [-0.39, 0.29) is 11.8 Å². The molecule has 1 aromatic heterocycles. The predicted octanol–water partition coefficient (Wildman–Crippen LogP) is 1.21. The maximum absolute atomic E-state index is 12.5. The number of piperazine rings is 1. The number of hydrogen-bond donors (Lipinski definition) is 2. The Kier molecular flexibility index (Phi) is 7.40. The standard InChI is InChI=1S/C18H25BrN6O2S/c19-17-22-14(13-28-17)15(26)23-18(3-4-18)16(27)21-6-8-25-11-9-24(10-12-25)7-2-1-5-20/h13H,1-4,6-12H2,(H,21,27)(H,23,26). The number of aromatic nitrogens is 1. The lowest BCUT2D eigenvalue weighted by atomic mass is 10.2. The van der Waals surface area contributed by atoms with Crippen LogP contribution in [0.1, 0.15) is 36.2 Å². The number of nitriles is 1. The van der Waals surface area contributed by atoms with Gasteiger partial charge >= 0.3 is 0 Å². The van der Waals surface area contributed by atoms with Crippen molar-refractivity contribution in [3.05, 3.63) is 15.0 Å². The van der Waals surface area contributed by atoms with E-state index < -0.39 is 5.54 Å². The Morgan fingerprint density at radius 1 is 1.25 bits per heavy atom. The van der Waals surface area contributed by atoms with Crippen LogP contribution in [0, 0.1) is 11.3 Å². The first-order valence-electron chi connectivity index (χ1n) is 9.56. The summed E-state index contributed by atoms with van der Waals surface area (Å²) in [6.07, 6.45) is 2.87. The largest absolute Gasteiger partial charge is 0.353 e. The van der Waals surface area contributed by atoms with Gasteiger partial charge in [-0.05, 0) is 41.7 Å². The Morgan fingerprint density at radius 3 is 2.50 bits per heavy atom. The second-order valence-electron chi connectivity index (χ2n) is 7.22. The number of carbonyl (C=O) groups is 2. The molecule has 2 amide bonds. The summed E-state index contributed by atoms with van der Waals surface area (Å²) in [6, 6.07) is 2.19. The molecule has 8 nitrogen and oxygen atoms in total. The molecule has 0 bridgehead atoms. The second kappa shape index (κ2) is 9.78. The van der Waals surface area contributed by atoms with Crippen molar-refractivity contribution in [2.45, 2.75) is 31.2 Å². The first-order valence-corrected chi connectivity index (χ1v) is 11.2. The van der Waals surface area contributed by atoms with Gasteiger partial charge in [-0.3, -0.25) is 14.5 Å². The topological polar surface area (TPSA) is 101 Å². The Bertz CT molecular complexity index is 737. The Morgan fingerprint density at radius 2 is 1.93 bits per heavy atom. The minimum absolute atomic E-state index is 0.106. The first kappa shape index (κ1) is 21.2. The second-order valence-corrected chi connectivity index (χ2v) is 9.36. The molecule has 2 heterocycles. The van der Waals surface area contributed by atoms with Crippen molar-refractivity contribution in [3.63, 3.8) is 0 Å². The van der Waals surface area contributed by atoms with Crippen molar-refractivity contribution in [1.29, 1.82) is 5.26 Å². The van der Waals surface area contributed by atoms with Gasteiger partial charge in [0.2, 0.25) is 5.91 Å². The van der Waals surface area contributed by atoms with Crippen LogP contribution in [0.5, 0.6) is 0 Å². The van der Waals surface area contributed by atoms with Crippen LogP contribution in [0.4, 0.5) is 0 Å². The van der Waals surface area contributed by atoms with Crippen molar-refractivity contribution in [2.75, 3.05) is 45.8 Å². The van der Waals surface area contributed by atoms with Gasteiger partial charge in [0.15, 0.2) is 3.92 Å². The van der Waals surface area contributed by atoms with E-state index in [9.17, 15) is 9.59 Å². The number of amides is 2. The lowest BCUT2D eigenvalue weighted by Crippen LogP contribution is -2.52. The summed E-state index contributed by atoms with van der Waals surface area (Å²) in [4.78, 5) is 33.6. The third-order valence-corrected chi connectivity index (χ3v) is 6.55. The zero-order chi connectivity index (χ0) is 20.0. The molecule has 1 saturated heterocycles. The van der Waals surface area contributed by atoms with Gasteiger partial charge in [0.05, 0.1) is 6.07 Å². The van der Waals surface area contributed by atoms with Gasteiger partial charge in [0.25, 0.3) is 5.91 Å². The molecule has 0 unspecified atom stereocenters. The molecule has 1 aromatic rings. The van der Waals surface area contributed by atoms with E-state index in [1.807, 2.05) is 0 Å². The summed E-state index contributed by atoms with van der Waals surface area (Å²) in [5, 5.41) is 16.1. The molecule has 152 valence electrons. The summed E-state index contributed by atoms with van der Waals surface area (Å²) in [5.74, 6) is -0.410. The van der Waals surface area contributed by atoms with Crippen LogP contribution in [0.15, 0.2) is 9.30 Å². The van der Waals surface area contributed by atoms with Gasteiger partial charge in [-0.25, -0.2) is 4.98 Å². The molecule has 3 rings (SSSR count). The molecule has 0 atom stereocenters. The Labute approximate surface area is 177 Å². The minimum atomic E-state index is -0.771. The summed E-state index contributed by atoms with van der Waals surface area (Å²) in [7, 11) is 0. The van der Waals surface area contributed by atoms with Crippen molar-refractivity contribution in [3.8, 4) is 6.07 Å². The minimum Gasteiger partial charge on any atom is -0.353 e. The van der Waals surface area contributed by atoms with E-state index >= 15 is 0 Å². The summed E-state index contributed by atoms with van der Waals surface area (Å²) in [5.41, 5.74) is -0.435. The van der Waals surface area contributed by atoms with Crippen LogP contribution in [0.3, 0.4) is 0 Å². The SMILES string of the molecule is N#CCCCN1CCN(CCNC(=O)C2(NC(=O)c3csc(Br)n3)CC2)CC1. The van der Waals surface area contributed by atoms with Gasteiger partial charge < -0.3 is 15.5 Å². The third-order valence-electron chi connectivity index (χ3n) is 5.19. The van der Waals surface area contributed by atoms with Crippen molar-refractivity contribution >= 4 is 39.1 Å². The van der Waals surface area contributed by atoms with Crippen molar-refractivity contribution in [2.24, 2.45) is 0 Å². The number of halogens is 1. The highest BCUT2D eigenvalue weighted by atomic mass is 79.9. The quantitative estimate of drug-likeness (QED) is 0.528. The Hall–Kier alpha value is -1.54. The smallest absolute Gasteiger partial charge is 0.271 e. The maximum atomic E-state index is 12.5. The van der Waals surface area contributed by atoms with Gasteiger partial charge in [-0.1, -0.05) is 0 Å². The predicted molar refractivity (Wildman–Crippen MR) is 110 cm³/mol. The van der Waals surface area contributed by atoms with Gasteiger partial charge in [0, 0.05) is 51.1 Å². The summed E-state index contributed by atoms with van der Waals surface area (Å²) in [6.45, 7) is 6.32. The van der Waals surface area contributed by atoms with E-state index in [0.29, 0.717) is 35.4 Å². The number of hydrogen-bond acceptors (Lipinski definition) is 7. The molecule has 2 aliphatic rings. The molecular weight excluding hydrogens is 444 g/mol. The molecule has 10 heteroatoms. The fourth-order valence-electron chi connectivity index (χ4n) is 3.29. The van der Waals surface area contributed by atoms with Crippen molar-refractivity contribution < 1.29 is 9.59 Å². The molecule has 2 fully saturated rings. The number of carbonyl (C=O) groups excluding carboxylic acids is 2. The molecular formula is C18H25BrN6O2S. The van der Waals surface area contributed by atoms with Gasteiger partial charge in [-0.15, -0.1) is 11.3 Å². The fourth-order valence-corrected chi connectivity index (χ4v) is 4.28. The number of thiazole rings is 1. The zero-order valence-corrected chi connectivity index (χ0v) is 18.1. The highest BCUT2D eigenvalue weighted by molar-refractivity contribution is 9.11. The van der Waals surface area contributed by atoms with Crippen LogP contribution >= 0.6 is 27.3 Å². The Balaban J connectivity index is 1.34. The van der Waals surface area contributed by atoms with E-state index in [1.165, 1.54) is 11.3 Å². The molecule has 0 spiro atoms. The van der Waals surface area contributed by atoms with Crippen LogP contribution in [0.25, 0.3) is 0 Å².